The smallest absolute Gasteiger partial charge is 0.261 e. The molecule has 1 aromatic rings. The Morgan fingerprint density at radius 3 is 2.79 bits per heavy atom. The van der Waals surface area contributed by atoms with Crippen molar-refractivity contribution < 1.29 is 9.53 Å². The van der Waals surface area contributed by atoms with E-state index in [1.54, 1.807) is 11.3 Å². The largest absolute Gasteiger partial charge is 0.377 e. The Bertz CT molecular complexity index is 687. The summed E-state index contributed by atoms with van der Waals surface area (Å²) >= 11 is 1.75. The highest BCUT2D eigenvalue weighted by molar-refractivity contribution is 7.14. The van der Waals surface area contributed by atoms with Gasteiger partial charge in [0.1, 0.15) is 0 Å². The normalized spacial score (nSPS) is 29.2. The van der Waals surface area contributed by atoms with E-state index in [1.807, 2.05) is 0 Å². The van der Waals surface area contributed by atoms with Crippen LogP contribution >= 0.6 is 11.3 Å². The number of ether oxygens (including phenoxy) is 1. The third kappa shape index (κ3) is 4.42. The van der Waals surface area contributed by atoms with Gasteiger partial charge in [-0.15, -0.1) is 11.3 Å². The van der Waals surface area contributed by atoms with Gasteiger partial charge in [0.05, 0.1) is 11.0 Å². The molecule has 1 amide bonds. The number of nitrogens with one attached hydrogen (secondary N) is 1. The number of nitrogens with zero attached hydrogens (tertiary/aromatic N) is 1. The molecule has 5 rings (SSSR count). The molecule has 0 radical (unpaired) electrons. The van der Waals surface area contributed by atoms with Crippen molar-refractivity contribution in [2.24, 2.45) is 11.3 Å². The maximum absolute atomic E-state index is 13.0. The lowest BCUT2D eigenvalue weighted by molar-refractivity contribution is 0.0832. The van der Waals surface area contributed by atoms with Crippen molar-refractivity contribution in [1.29, 1.82) is 0 Å². The van der Waals surface area contributed by atoms with Crippen LogP contribution in [-0.2, 0) is 17.6 Å². The Kier molecular flexibility index (Phi) is 5.99. The van der Waals surface area contributed by atoms with Crippen molar-refractivity contribution in [3.05, 3.63) is 21.4 Å². The summed E-state index contributed by atoms with van der Waals surface area (Å²) in [5.74, 6) is 0.906. The van der Waals surface area contributed by atoms with Crippen molar-refractivity contribution in [2.45, 2.75) is 76.7 Å². The molecular formula is C24H36N2O2S. The van der Waals surface area contributed by atoms with E-state index in [0.717, 1.165) is 49.9 Å². The third-order valence-electron chi connectivity index (χ3n) is 7.84. The summed E-state index contributed by atoms with van der Waals surface area (Å²) in [6.45, 7) is 5.21. The molecule has 2 saturated heterocycles. The summed E-state index contributed by atoms with van der Waals surface area (Å²) in [7, 11) is 0. The molecule has 3 fully saturated rings. The fraction of sp³-hybridized carbons (Fsp3) is 0.792. The number of rotatable bonds is 5. The standard InChI is InChI=1S/C24H36N2O2S/c27-23(22-13-18-7-3-1-2-4-8-21(18)29-22)25-16-24(10-5-6-11-24)17-26-14-19-9-12-28-20(19)15-26/h13,19-20H,1-12,14-17H2,(H,25,27)/t19-,20+/m0/s1. The minimum Gasteiger partial charge on any atom is -0.377 e. The van der Waals surface area contributed by atoms with Crippen LogP contribution in [0.25, 0.3) is 0 Å². The molecule has 0 unspecified atom stereocenters. The first-order chi connectivity index (χ1) is 14.2. The first kappa shape index (κ1) is 20.0. The predicted octanol–water partition coefficient (Wildman–Crippen LogP) is 4.42. The van der Waals surface area contributed by atoms with Crippen LogP contribution in [0.5, 0.6) is 0 Å². The number of fused-ring (bicyclic) bond motifs is 2. The van der Waals surface area contributed by atoms with Crippen LogP contribution in [0.4, 0.5) is 0 Å². The Balaban J connectivity index is 1.20. The average molecular weight is 417 g/mol. The number of hydrogen-bond acceptors (Lipinski definition) is 4. The molecular weight excluding hydrogens is 380 g/mol. The van der Waals surface area contributed by atoms with Crippen molar-refractivity contribution in [1.82, 2.24) is 10.2 Å². The molecule has 1 aromatic heterocycles. The lowest BCUT2D eigenvalue weighted by Crippen LogP contribution is -2.44. The molecule has 29 heavy (non-hydrogen) atoms. The predicted molar refractivity (Wildman–Crippen MR) is 118 cm³/mol. The number of carbonyl (C=O) groups excluding carboxylic acids is 1. The van der Waals surface area contributed by atoms with Gasteiger partial charge in [-0.25, -0.2) is 0 Å². The lowest BCUT2D eigenvalue weighted by atomic mass is 9.85. The molecule has 1 N–H and O–H groups in total. The van der Waals surface area contributed by atoms with E-state index < -0.39 is 0 Å². The van der Waals surface area contributed by atoms with Crippen molar-refractivity contribution >= 4 is 17.2 Å². The molecule has 2 atom stereocenters. The number of thiophene rings is 1. The van der Waals surface area contributed by atoms with Gasteiger partial charge in [0.2, 0.25) is 0 Å². The molecule has 0 bridgehead atoms. The first-order valence-electron chi connectivity index (χ1n) is 11.9. The number of aryl methyl sites for hydroxylation is 2. The summed E-state index contributed by atoms with van der Waals surface area (Å²) in [6, 6.07) is 2.20. The topological polar surface area (TPSA) is 41.6 Å². The van der Waals surface area contributed by atoms with Gasteiger partial charge in [0.15, 0.2) is 0 Å². The van der Waals surface area contributed by atoms with Crippen molar-refractivity contribution in [2.75, 3.05) is 32.8 Å². The number of likely N-dealkylation sites (tertiary alicyclic amines) is 1. The van der Waals surface area contributed by atoms with Crippen LogP contribution in [0, 0.1) is 11.3 Å². The van der Waals surface area contributed by atoms with Gasteiger partial charge in [-0.05, 0) is 56.6 Å². The van der Waals surface area contributed by atoms with Gasteiger partial charge < -0.3 is 10.1 Å². The van der Waals surface area contributed by atoms with E-state index in [0.29, 0.717) is 6.10 Å². The van der Waals surface area contributed by atoms with Gasteiger partial charge in [0, 0.05) is 49.0 Å². The van der Waals surface area contributed by atoms with E-state index in [-0.39, 0.29) is 11.3 Å². The van der Waals surface area contributed by atoms with E-state index in [2.05, 4.69) is 16.3 Å². The summed E-state index contributed by atoms with van der Waals surface area (Å²) in [4.78, 5) is 18.0. The maximum atomic E-state index is 13.0. The summed E-state index contributed by atoms with van der Waals surface area (Å²) in [5, 5.41) is 3.36. The molecule has 3 heterocycles. The van der Waals surface area contributed by atoms with Crippen LogP contribution in [0.3, 0.4) is 0 Å². The zero-order chi connectivity index (χ0) is 19.7. The Morgan fingerprint density at radius 2 is 1.97 bits per heavy atom. The van der Waals surface area contributed by atoms with Crippen molar-refractivity contribution in [3.8, 4) is 0 Å². The van der Waals surface area contributed by atoms with Crippen LogP contribution in [0.1, 0.15) is 77.9 Å². The van der Waals surface area contributed by atoms with Crippen LogP contribution in [0.15, 0.2) is 6.07 Å². The highest BCUT2D eigenvalue weighted by Gasteiger charge is 2.42. The Labute approximate surface area is 179 Å². The SMILES string of the molecule is O=C(NCC1(CN2C[C@@H]3CCO[C@@H]3C2)CCCC1)c1cc2c(s1)CCCCCC2. The first-order valence-corrected chi connectivity index (χ1v) is 12.8. The van der Waals surface area contributed by atoms with Gasteiger partial charge in [0.25, 0.3) is 5.91 Å². The van der Waals surface area contributed by atoms with Gasteiger partial charge in [-0.3, -0.25) is 9.69 Å². The fourth-order valence-electron chi connectivity index (χ4n) is 6.19. The monoisotopic (exact) mass is 416 g/mol. The second kappa shape index (κ2) is 8.68. The zero-order valence-electron chi connectivity index (χ0n) is 17.7. The van der Waals surface area contributed by atoms with Crippen molar-refractivity contribution in [3.63, 3.8) is 0 Å². The zero-order valence-corrected chi connectivity index (χ0v) is 18.5. The van der Waals surface area contributed by atoms with Crippen LogP contribution in [0.2, 0.25) is 0 Å². The second-order valence-electron chi connectivity index (χ2n) is 10.0. The minimum atomic E-state index is 0.162. The Morgan fingerprint density at radius 1 is 1.14 bits per heavy atom. The quantitative estimate of drug-likeness (QED) is 0.773. The third-order valence-corrected chi connectivity index (χ3v) is 9.08. The maximum Gasteiger partial charge on any atom is 0.261 e. The number of carbonyl (C=O) groups is 1. The highest BCUT2D eigenvalue weighted by Crippen LogP contribution is 2.40. The molecule has 1 saturated carbocycles. The van der Waals surface area contributed by atoms with Crippen LogP contribution < -0.4 is 5.32 Å². The second-order valence-corrected chi connectivity index (χ2v) is 11.2. The molecule has 0 aromatic carbocycles. The summed E-state index contributed by atoms with van der Waals surface area (Å²) < 4.78 is 5.91. The molecule has 0 spiro atoms. The molecule has 5 heteroatoms. The molecule has 4 aliphatic rings. The van der Waals surface area contributed by atoms with Crippen LogP contribution in [-0.4, -0.2) is 49.7 Å². The number of hydrogen-bond donors (Lipinski definition) is 1. The van der Waals surface area contributed by atoms with E-state index >= 15 is 0 Å². The summed E-state index contributed by atoms with van der Waals surface area (Å²) in [5.41, 5.74) is 1.71. The molecule has 4 nitrogen and oxygen atoms in total. The van der Waals surface area contributed by atoms with Gasteiger partial charge >= 0.3 is 0 Å². The van der Waals surface area contributed by atoms with E-state index in [4.69, 9.17) is 4.74 Å². The van der Waals surface area contributed by atoms with Gasteiger partial charge in [-0.1, -0.05) is 25.7 Å². The summed E-state index contributed by atoms with van der Waals surface area (Å²) in [6.07, 6.45) is 14.4. The Hall–Kier alpha value is -0.910. The fourth-order valence-corrected chi connectivity index (χ4v) is 7.36. The average Bonchev–Trinajstić information content (AvgIpc) is 3.45. The highest BCUT2D eigenvalue weighted by atomic mass is 32.1. The molecule has 2 aliphatic carbocycles. The van der Waals surface area contributed by atoms with Gasteiger partial charge in [-0.2, -0.15) is 0 Å². The van der Waals surface area contributed by atoms with E-state index in [9.17, 15) is 4.79 Å². The number of amides is 1. The molecule has 2 aliphatic heterocycles. The minimum absolute atomic E-state index is 0.162. The van der Waals surface area contributed by atoms with E-state index in [1.165, 1.54) is 74.8 Å². The lowest BCUT2D eigenvalue weighted by Gasteiger charge is -2.34. The molecule has 160 valence electrons.